The summed E-state index contributed by atoms with van der Waals surface area (Å²) in [6.07, 6.45) is 17.9. The molecule has 0 bridgehead atoms. The van der Waals surface area contributed by atoms with E-state index < -0.39 is 0 Å². The third-order valence-corrected chi connectivity index (χ3v) is 8.02. The second kappa shape index (κ2) is 23.3. The van der Waals surface area contributed by atoms with Crippen LogP contribution in [-0.2, 0) is 26.3 Å². The summed E-state index contributed by atoms with van der Waals surface area (Å²) in [5, 5.41) is 33.8. The van der Waals surface area contributed by atoms with Crippen molar-refractivity contribution < 1.29 is 18.9 Å². The highest BCUT2D eigenvalue weighted by Gasteiger charge is 2.05. The third-order valence-electron chi connectivity index (χ3n) is 8.02. The third kappa shape index (κ3) is 15.4. The van der Waals surface area contributed by atoms with Crippen molar-refractivity contribution in [2.75, 3.05) is 13.2 Å². The SMILES string of the molecule is N#CCCCCn1cc(COc2ccc(OCCCCCCCCCCOc3ccc(OCc4cn(CCCCC#N)nn4)cc3)cc2)nn1. The number of nitrogens with zero attached hydrogens (tertiary/aromatic N) is 8. The Balaban J connectivity index is 0.936. The molecule has 12 nitrogen and oxygen atoms in total. The molecule has 2 heterocycles. The topological polar surface area (TPSA) is 146 Å². The van der Waals surface area contributed by atoms with Crippen LogP contribution in [0.4, 0.5) is 0 Å². The number of hydrogen-bond donors (Lipinski definition) is 0. The first-order valence-corrected chi connectivity index (χ1v) is 17.9. The van der Waals surface area contributed by atoms with Crippen molar-refractivity contribution in [3.05, 3.63) is 72.3 Å². The van der Waals surface area contributed by atoms with Gasteiger partial charge in [0.2, 0.25) is 0 Å². The smallest absolute Gasteiger partial charge is 0.134 e. The van der Waals surface area contributed by atoms with Gasteiger partial charge in [-0.15, -0.1) is 10.2 Å². The highest BCUT2D eigenvalue weighted by molar-refractivity contribution is 5.32. The number of hydrogen-bond acceptors (Lipinski definition) is 10. The number of rotatable bonds is 27. The Morgan fingerprint density at radius 3 is 1.20 bits per heavy atom. The number of benzene rings is 2. The second-order valence-corrected chi connectivity index (χ2v) is 12.2. The molecule has 0 aliphatic carbocycles. The molecule has 0 aliphatic heterocycles. The molecule has 266 valence electrons. The van der Waals surface area contributed by atoms with E-state index in [0.717, 1.165) is 99.2 Å². The number of nitriles is 2. The molecule has 0 saturated carbocycles. The second-order valence-electron chi connectivity index (χ2n) is 12.2. The molecule has 0 spiro atoms. The van der Waals surface area contributed by atoms with E-state index in [9.17, 15) is 0 Å². The molecule has 0 aliphatic rings. The van der Waals surface area contributed by atoms with E-state index in [1.165, 1.54) is 38.5 Å². The molecule has 0 fully saturated rings. The van der Waals surface area contributed by atoms with Crippen LogP contribution in [0, 0.1) is 22.7 Å². The minimum atomic E-state index is 0.361. The van der Waals surface area contributed by atoms with E-state index in [2.05, 4.69) is 32.8 Å². The highest BCUT2D eigenvalue weighted by Crippen LogP contribution is 2.20. The van der Waals surface area contributed by atoms with Crippen LogP contribution in [0.2, 0.25) is 0 Å². The van der Waals surface area contributed by atoms with Crippen LogP contribution in [0.25, 0.3) is 0 Å². The van der Waals surface area contributed by atoms with Crippen LogP contribution in [-0.4, -0.2) is 43.2 Å². The van der Waals surface area contributed by atoms with Gasteiger partial charge in [-0.1, -0.05) is 49.0 Å². The van der Waals surface area contributed by atoms with Crippen LogP contribution in [0.3, 0.4) is 0 Å². The normalized spacial score (nSPS) is 10.8. The molecule has 4 rings (SSSR count). The van der Waals surface area contributed by atoms with Crippen LogP contribution in [0.15, 0.2) is 60.9 Å². The average molecular weight is 683 g/mol. The van der Waals surface area contributed by atoms with Gasteiger partial charge >= 0.3 is 0 Å². The standard InChI is InChI=1S/C38H50N8O4/c39-23-9-7-11-25-45-29-33(41-43-45)31-49-37-19-15-35(16-20-37)47-27-13-5-3-1-2-4-6-14-28-48-36-17-21-38(22-18-36)50-32-34-30-46(44-42-34)26-12-8-10-24-40/h15-22,29-30H,1-14,25-28,31-32H2. The minimum absolute atomic E-state index is 0.361. The maximum Gasteiger partial charge on any atom is 0.134 e. The monoisotopic (exact) mass is 682 g/mol. The van der Waals surface area contributed by atoms with Gasteiger partial charge in [0.05, 0.1) is 37.7 Å². The summed E-state index contributed by atoms with van der Waals surface area (Å²) in [4.78, 5) is 0. The van der Waals surface area contributed by atoms with Gasteiger partial charge in [-0.25, -0.2) is 0 Å². The Hall–Kier alpha value is -5.10. The van der Waals surface area contributed by atoms with Crippen molar-refractivity contribution in [2.24, 2.45) is 0 Å². The lowest BCUT2D eigenvalue weighted by Gasteiger charge is -2.09. The van der Waals surface area contributed by atoms with Crippen molar-refractivity contribution in [1.82, 2.24) is 30.0 Å². The van der Waals surface area contributed by atoms with E-state index in [4.69, 9.17) is 29.5 Å². The van der Waals surface area contributed by atoms with E-state index in [1.54, 1.807) is 9.36 Å². The molecular formula is C38H50N8O4. The zero-order valence-corrected chi connectivity index (χ0v) is 29.1. The zero-order valence-electron chi connectivity index (χ0n) is 29.1. The van der Waals surface area contributed by atoms with E-state index >= 15 is 0 Å². The summed E-state index contributed by atoms with van der Waals surface area (Å²) >= 11 is 0. The van der Waals surface area contributed by atoms with Crippen molar-refractivity contribution in [1.29, 1.82) is 10.5 Å². The number of unbranched alkanes of at least 4 members (excludes halogenated alkanes) is 11. The molecule has 0 unspecified atom stereocenters. The van der Waals surface area contributed by atoms with E-state index in [0.29, 0.717) is 26.1 Å². The van der Waals surface area contributed by atoms with Gasteiger partial charge in [0.15, 0.2) is 0 Å². The van der Waals surface area contributed by atoms with Gasteiger partial charge in [0.25, 0.3) is 0 Å². The largest absolute Gasteiger partial charge is 0.494 e. The summed E-state index contributed by atoms with van der Waals surface area (Å²) < 4.78 is 27.1. The molecule has 0 amide bonds. The quantitative estimate of drug-likeness (QED) is 0.0567. The summed E-state index contributed by atoms with van der Waals surface area (Å²) in [6, 6.07) is 19.7. The van der Waals surface area contributed by atoms with Crippen LogP contribution in [0.5, 0.6) is 23.0 Å². The summed E-state index contributed by atoms with van der Waals surface area (Å²) in [5.74, 6) is 3.24. The molecule has 12 heteroatoms. The number of aromatic nitrogens is 6. The lowest BCUT2D eigenvalue weighted by molar-refractivity contribution is 0.293. The fraction of sp³-hybridized carbons (Fsp3) is 0.526. The number of aryl methyl sites for hydroxylation is 2. The van der Waals surface area contributed by atoms with Gasteiger partial charge in [-0.3, -0.25) is 9.36 Å². The maximum atomic E-state index is 8.63. The molecule has 50 heavy (non-hydrogen) atoms. The fourth-order valence-corrected chi connectivity index (χ4v) is 5.21. The number of ether oxygens (including phenoxy) is 4. The Morgan fingerprint density at radius 2 is 0.820 bits per heavy atom. The Morgan fingerprint density at radius 1 is 0.460 bits per heavy atom. The van der Waals surface area contributed by atoms with Crippen molar-refractivity contribution in [3.8, 4) is 35.1 Å². The predicted molar refractivity (Wildman–Crippen MR) is 188 cm³/mol. The fourth-order valence-electron chi connectivity index (χ4n) is 5.21. The molecule has 2 aromatic heterocycles. The molecule has 2 aromatic carbocycles. The minimum Gasteiger partial charge on any atom is -0.494 e. The highest BCUT2D eigenvalue weighted by atomic mass is 16.5. The molecule has 0 radical (unpaired) electrons. The maximum absolute atomic E-state index is 8.63. The predicted octanol–water partition coefficient (Wildman–Crippen LogP) is 7.99. The molecule has 0 saturated heterocycles. The van der Waals surface area contributed by atoms with Gasteiger partial charge in [-0.05, 0) is 87.1 Å². The lowest BCUT2D eigenvalue weighted by Crippen LogP contribution is -1.99. The van der Waals surface area contributed by atoms with Gasteiger partial charge < -0.3 is 18.9 Å². The van der Waals surface area contributed by atoms with E-state index in [1.807, 2.05) is 60.9 Å². The molecule has 4 aromatic rings. The first-order chi connectivity index (χ1) is 24.7. The Kier molecular flexibility index (Phi) is 17.6. The van der Waals surface area contributed by atoms with Crippen molar-refractivity contribution in [3.63, 3.8) is 0 Å². The zero-order chi connectivity index (χ0) is 34.9. The van der Waals surface area contributed by atoms with E-state index in [-0.39, 0.29) is 0 Å². The summed E-state index contributed by atoms with van der Waals surface area (Å²) in [6.45, 7) is 3.68. The van der Waals surface area contributed by atoms with Crippen molar-refractivity contribution >= 4 is 0 Å². The molecular weight excluding hydrogens is 632 g/mol. The summed E-state index contributed by atoms with van der Waals surface area (Å²) in [5.41, 5.74) is 1.56. The first kappa shape index (κ1) is 37.7. The first-order valence-electron chi connectivity index (χ1n) is 17.9. The van der Waals surface area contributed by atoms with Gasteiger partial charge in [0, 0.05) is 25.9 Å². The summed E-state index contributed by atoms with van der Waals surface area (Å²) in [7, 11) is 0. The molecule has 0 N–H and O–H groups in total. The van der Waals surface area contributed by atoms with Crippen molar-refractivity contribution in [2.45, 2.75) is 116 Å². The van der Waals surface area contributed by atoms with Crippen LogP contribution < -0.4 is 18.9 Å². The van der Waals surface area contributed by atoms with Crippen LogP contribution in [0.1, 0.15) is 101 Å². The lowest BCUT2D eigenvalue weighted by atomic mass is 10.1. The van der Waals surface area contributed by atoms with Gasteiger partial charge in [0.1, 0.15) is 47.6 Å². The Labute approximate surface area is 295 Å². The Bertz CT molecular complexity index is 1440. The van der Waals surface area contributed by atoms with Gasteiger partial charge in [-0.2, -0.15) is 10.5 Å². The molecule has 0 atom stereocenters. The average Bonchev–Trinajstić information content (AvgIpc) is 3.81. The van der Waals surface area contributed by atoms with Crippen LogP contribution >= 0.6 is 0 Å².